The van der Waals surface area contributed by atoms with Gasteiger partial charge in [0.1, 0.15) is 12.3 Å². The number of carbonyl (C=O) groups is 2. The number of carbonyl (C=O) groups excluding carboxylic acids is 2. The topological polar surface area (TPSA) is 117 Å². The fraction of sp³-hybridized carbons (Fsp3) is 0.160. The van der Waals surface area contributed by atoms with E-state index in [1.54, 1.807) is 24.3 Å². The summed E-state index contributed by atoms with van der Waals surface area (Å²) in [5, 5.41) is 7.03. The van der Waals surface area contributed by atoms with E-state index in [0.29, 0.717) is 17.0 Å². The molecule has 0 radical (unpaired) electrons. The molecule has 0 saturated heterocycles. The maximum absolute atomic E-state index is 12.3. The minimum atomic E-state index is -3.78. The van der Waals surface area contributed by atoms with Crippen molar-refractivity contribution in [1.82, 2.24) is 5.43 Å². The molecule has 0 bridgehead atoms. The Bertz CT molecular complexity index is 1400. The molecule has 0 heterocycles. The number of sulfonamides is 1. The number of nitrogens with one attached hydrogen (secondary N) is 2. The Hall–Kier alpha value is -3.60. The van der Waals surface area contributed by atoms with E-state index in [0.717, 1.165) is 16.1 Å². The monoisotopic (exact) mass is 562 g/mol. The average Bonchev–Trinajstić information content (AvgIpc) is 2.84. The normalized spacial score (nSPS) is 11.2. The van der Waals surface area contributed by atoms with Crippen molar-refractivity contribution >= 4 is 62.6 Å². The Labute approximate surface area is 225 Å². The molecular formula is C25H24Cl2N4O5S. The molecule has 3 aromatic carbocycles. The van der Waals surface area contributed by atoms with Crippen LogP contribution in [0.25, 0.3) is 0 Å². The second-order valence-corrected chi connectivity index (χ2v) is 10.7. The van der Waals surface area contributed by atoms with Gasteiger partial charge in [0.05, 0.1) is 28.2 Å². The second kappa shape index (κ2) is 12.6. The number of benzene rings is 3. The third-order valence-corrected chi connectivity index (χ3v) is 6.75. The van der Waals surface area contributed by atoms with Gasteiger partial charge in [0, 0.05) is 5.69 Å². The van der Waals surface area contributed by atoms with Crippen molar-refractivity contribution in [3.05, 3.63) is 87.9 Å². The van der Waals surface area contributed by atoms with E-state index in [9.17, 15) is 18.0 Å². The van der Waals surface area contributed by atoms with Gasteiger partial charge in [-0.05, 0) is 67.1 Å². The van der Waals surface area contributed by atoms with Gasteiger partial charge in [0.2, 0.25) is 10.0 Å². The van der Waals surface area contributed by atoms with Crippen molar-refractivity contribution in [2.75, 3.05) is 29.0 Å². The van der Waals surface area contributed by atoms with Gasteiger partial charge in [-0.3, -0.25) is 13.9 Å². The zero-order valence-corrected chi connectivity index (χ0v) is 22.3. The van der Waals surface area contributed by atoms with Crippen LogP contribution in [0.15, 0.2) is 71.8 Å². The first-order valence-corrected chi connectivity index (χ1v) is 13.5. The van der Waals surface area contributed by atoms with E-state index < -0.39 is 22.5 Å². The molecule has 3 rings (SSSR count). The molecule has 2 amide bonds. The van der Waals surface area contributed by atoms with Crippen molar-refractivity contribution in [2.24, 2.45) is 5.10 Å². The first-order valence-electron chi connectivity index (χ1n) is 10.9. The van der Waals surface area contributed by atoms with Crippen molar-refractivity contribution in [1.29, 1.82) is 0 Å². The number of aryl methyl sites for hydroxylation is 1. The number of amides is 2. The molecule has 2 N–H and O–H groups in total. The lowest BCUT2D eigenvalue weighted by Gasteiger charge is -2.21. The van der Waals surface area contributed by atoms with E-state index >= 15 is 0 Å². The number of halogens is 2. The summed E-state index contributed by atoms with van der Waals surface area (Å²) in [6.07, 6.45) is 2.36. The molecule has 12 heteroatoms. The van der Waals surface area contributed by atoms with Crippen LogP contribution in [0.2, 0.25) is 10.0 Å². The summed E-state index contributed by atoms with van der Waals surface area (Å²) in [5.74, 6) is -0.473. The van der Waals surface area contributed by atoms with Crippen LogP contribution in [-0.2, 0) is 19.6 Å². The highest BCUT2D eigenvalue weighted by atomic mass is 35.5. The Morgan fingerprint density at radius 3 is 2.27 bits per heavy atom. The van der Waals surface area contributed by atoms with Crippen molar-refractivity contribution in [3.63, 3.8) is 0 Å². The van der Waals surface area contributed by atoms with Crippen molar-refractivity contribution in [2.45, 2.75) is 6.92 Å². The highest BCUT2D eigenvalue weighted by Gasteiger charge is 2.21. The van der Waals surface area contributed by atoms with E-state index in [1.807, 2.05) is 31.2 Å². The average molecular weight is 563 g/mol. The minimum absolute atomic E-state index is 0.158. The highest BCUT2D eigenvalue weighted by molar-refractivity contribution is 7.92. The molecule has 0 atom stereocenters. The number of rotatable bonds is 10. The summed E-state index contributed by atoms with van der Waals surface area (Å²) in [6, 6.07) is 18.3. The minimum Gasteiger partial charge on any atom is -0.484 e. The molecule has 37 heavy (non-hydrogen) atoms. The van der Waals surface area contributed by atoms with Gasteiger partial charge < -0.3 is 10.1 Å². The van der Waals surface area contributed by atoms with Crippen molar-refractivity contribution < 1.29 is 22.7 Å². The number of ether oxygens (including phenoxy) is 1. The van der Waals surface area contributed by atoms with E-state index in [4.69, 9.17) is 27.9 Å². The summed E-state index contributed by atoms with van der Waals surface area (Å²) in [7, 11) is -3.78. The van der Waals surface area contributed by atoms with Gasteiger partial charge in [0.25, 0.3) is 11.8 Å². The molecular weight excluding hydrogens is 539 g/mol. The Balaban J connectivity index is 1.50. The quantitative estimate of drug-likeness (QED) is 0.283. The predicted molar refractivity (Wildman–Crippen MR) is 146 cm³/mol. The van der Waals surface area contributed by atoms with Gasteiger partial charge in [-0.25, -0.2) is 13.8 Å². The van der Waals surface area contributed by atoms with Crippen molar-refractivity contribution in [3.8, 4) is 5.75 Å². The standard InChI is InChI=1S/C25H24Cl2N4O5S/c1-17-3-7-19(8-4-17)29-25(33)16-36-21-10-5-18(6-11-21)14-28-30-24(32)15-31(37(2,34)35)20-9-12-22(26)23(27)13-20/h3-14H,15-16H2,1-2H3,(H,29,33)(H,30,32)/b28-14+. The van der Waals surface area contributed by atoms with Gasteiger partial charge in [-0.15, -0.1) is 0 Å². The van der Waals surface area contributed by atoms with Crippen LogP contribution >= 0.6 is 23.2 Å². The van der Waals surface area contributed by atoms with Crippen LogP contribution < -0.4 is 19.8 Å². The zero-order valence-electron chi connectivity index (χ0n) is 19.9. The first kappa shape index (κ1) is 28.0. The number of hydrogen-bond acceptors (Lipinski definition) is 6. The van der Waals surface area contributed by atoms with Crippen LogP contribution in [0.4, 0.5) is 11.4 Å². The molecule has 0 aliphatic heterocycles. The summed E-state index contributed by atoms with van der Waals surface area (Å²) in [6.45, 7) is 1.29. The first-order chi connectivity index (χ1) is 17.5. The van der Waals surface area contributed by atoms with Crippen LogP contribution in [-0.4, -0.2) is 45.9 Å². The molecule has 0 saturated carbocycles. The van der Waals surface area contributed by atoms with E-state index in [-0.39, 0.29) is 28.2 Å². The zero-order chi connectivity index (χ0) is 27.0. The molecule has 0 aliphatic rings. The number of hydrazone groups is 1. The van der Waals surface area contributed by atoms with Gasteiger partial charge in [-0.2, -0.15) is 5.10 Å². The van der Waals surface area contributed by atoms with E-state index in [2.05, 4.69) is 15.8 Å². The molecule has 0 fully saturated rings. The maximum atomic E-state index is 12.3. The predicted octanol–water partition coefficient (Wildman–Crippen LogP) is 4.24. The lowest BCUT2D eigenvalue weighted by Crippen LogP contribution is -2.39. The maximum Gasteiger partial charge on any atom is 0.262 e. The Morgan fingerprint density at radius 1 is 0.973 bits per heavy atom. The molecule has 0 unspecified atom stereocenters. The molecule has 9 nitrogen and oxygen atoms in total. The van der Waals surface area contributed by atoms with Crippen LogP contribution in [0.1, 0.15) is 11.1 Å². The molecule has 3 aromatic rings. The highest BCUT2D eigenvalue weighted by Crippen LogP contribution is 2.28. The van der Waals surface area contributed by atoms with Gasteiger partial charge in [-0.1, -0.05) is 40.9 Å². The number of hydrogen-bond donors (Lipinski definition) is 2. The molecule has 0 aromatic heterocycles. The van der Waals surface area contributed by atoms with E-state index in [1.165, 1.54) is 24.4 Å². The SMILES string of the molecule is Cc1ccc(NC(=O)COc2ccc(/C=N/NC(=O)CN(c3ccc(Cl)c(Cl)c3)S(C)(=O)=O)cc2)cc1. The summed E-state index contributed by atoms with van der Waals surface area (Å²) in [5.41, 5.74) is 4.90. The summed E-state index contributed by atoms with van der Waals surface area (Å²) >= 11 is 11.9. The molecule has 0 spiro atoms. The largest absolute Gasteiger partial charge is 0.484 e. The van der Waals surface area contributed by atoms with Crippen LogP contribution in [0.3, 0.4) is 0 Å². The second-order valence-electron chi connectivity index (χ2n) is 7.93. The Kier molecular flexibility index (Phi) is 9.51. The third-order valence-electron chi connectivity index (χ3n) is 4.87. The summed E-state index contributed by atoms with van der Waals surface area (Å²) < 4.78 is 30.7. The lowest BCUT2D eigenvalue weighted by atomic mass is 10.2. The molecule has 194 valence electrons. The van der Waals surface area contributed by atoms with Crippen LogP contribution in [0.5, 0.6) is 5.75 Å². The summed E-state index contributed by atoms with van der Waals surface area (Å²) in [4.78, 5) is 24.4. The van der Waals surface area contributed by atoms with Gasteiger partial charge >= 0.3 is 0 Å². The fourth-order valence-electron chi connectivity index (χ4n) is 3.02. The molecule has 0 aliphatic carbocycles. The smallest absolute Gasteiger partial charge is 0.262 e. The lowest BCUT2D eigenvalue weighted by molar-refractivity contribution is -0.119. The third kappa shape index (κ3) is 8.78. The number of anilines is 2. The fourth-order valence-corrected chi connectivity index (χ4v) is 4.16. The Morgan fingerprint density at radius 2 is 1.65 bits per heavy atom. The number of nitrogens with zero attached hydrogens (tertiary/aromatic N) is 2. The van der Waals surface area contributed by atoms with Gasteiger partial charge in [0.15, 0.2) is 6.61 Å². The van der Waals surface area contributed by atoms with Crippen LogP contribution in [0, 0.1) is 6.92 Å².